The fourth-order valence-corrected chi connectivity index (χ4v) is 1.66. The van der Waals surface area contributed by atoms with Crippen LogP contribution in [0.5, 0.6) is 0 Å². The van der Waals surface area contributed by atoms with Crippen molar-refractivity contribution in [2.24, 2.45) is 0 Å². The summed E-state index contributed by atoms with van der Waals surface area (Å²) in [6.45, 7) is 6.82. The summed E-state index contributed by atoms with van der Waals surface area (Å²) in [5.41, 5.74) is 0. The quantitative estimate of drug-likeness (QED) is 0.661. The topological polar surface area (TPSA) is 23.6 Å². The fourth-order valence-electron chi connectivity index (χ4n) is 1.66. The number of hydrogen-bond acceptors (Lipinski definition) is 1. The van der Waals surface area contributed by atoms with Crippen molar-refractivity contribution in [3.8, 4) is 0 Å². The molecule has 15 heavy (non-hydrogen) atoms. The van der Waals surface area contributed by atoms with Crippen molar-refractivity contribution in [1.29, 1.82) is 0 Å². The van der Waals surface area contributed by atoms with E-state index in [2.05, 4.69) is 19.9 Å². The van der Waals surface area contributed by atoms with E-state index in [1.165, 1.54) is 0 Å². The smallest absolute Gasteiger partial charge is 0.321 e. The van der Waals surface area contributed by atoms with E-state index >= 15 is 0 Å². The lowest BCUT2D eigenvalue weighted by Gasteiger charge is -2.31. The number of carbonyl (C=O) groups excluding carboxylic acids is 1. The molecule has 0 radical (unpaired) electrons. The summed E-state index contributed by atoms with van der Waals surface area (Å²) in [5.74, 6) is 0. The van der Waals surface area contributed by atoms with Gasteiger partial charge in [-0.1, -0.05) is 26.7 Å². The van der Waals surface area contributed by atoms with Gasteiger partial charge in [0.25, 0.3) is 0 Å². The van der Waals surface area contributed by atoms with Crippen LogP contribution in [-0.2, 0) is 0 Å². The molecule has 0 saturated carbocycles. The molecule has 0 N–H and O–H groups in total. The third-order valence-electron chi connectivity index (χ3n) is 2.66. The standard InChI is InChI=1S/C12H22N2O/c1-3-5-8-13-10-7-11-14(12(13)15)9-6-4-2/h7,10H,3-6,8-9,11H2,1-2H3. The summed E-state index contributed by atoms with van der Waals surface area (Å²) < 4.78 is 0. The molecule has 0 saturated heterocycles. The molecule has 0 bridgehead atoms. The molecule has 1 rings (SSSR count). The van der Waals surface area contributed by atoms with E-state index in [4.69, 9.17) is 0 Å². The first-order valence-corrected chi connectivity index (χ1v) is 6.01. The first-order chi connectivity index (χ1) is 7.29. The van der Waals surface area contributed by atoms with Crippen LogP contribution >= 0.6 is 0 Å². The van der Waals surface area contributed by atoms with Gasteiger partial charge in [0.1, 0.15) is 0 Å². The molecule has 3 heteroatoms. The normalized spacial score (nSPS) is 16.3. The molecule has 0 spiro atoms. The lowest BCUT2D eigenvalue weighted by Crippen LogP contribution is -2.44. The third-order valence-corrected chi connectivity index (χ3v) is 2.66. The highest BCUT2D eigenvalue weighted by Gasteiger charge is 2.20. The van der Waals surface area contributed by atoms with Crippen LogP contribution in [0.4, 0.5) is 4.79 Å². The highest BCUT2D eigenvalue weighted by Crippen LogP contribution is 2.09. The lowest BCUT2D eigenvalue weighted by molar-refractivity contribution is 0.167. The maximum atomic E-state index is 11.9. The first-order valence-electron chi connectivity index (χ1n) is 6.01. The number of nitrogens with zero attached hydrogens (tertiary/aromatic N) is 2. The van der Waals surface area contributed by atoms with Gasteiger partial charge in [-0.15, -0.1) is 0 Å². The number of amides is 2. The van der Waals surface area contributed by atoms with Crippen LogP contribution in [0.15, 0.2) is 12.3 Å². The number of urea groups is 1. The molecule has 2 amide bonds. The van der Waals surface area contributed by atoms with E-state index in [9.17, 15) is 4.79 Å². The van der Waals surface area contributed by atoms with Crippen molar-refractivity contribution < 1.29 is 4.79 Å². The monoisotopic (exact) mass is 210 g/mol. The van der Waals surface area contributed by atoms with Gasteiger partial charge < -0.3 is 9.80 Å². The number of unbranched alkanes of at least 4 members (excludes halogenated alkanes) is 2. The van der Waals surface area contributed by atoms with Crippen molar-refractivity contribution in [2.45, 2.75) is 39.5 Å². The number of carbonyl (C=O) groups is 1. The van der Waals surface area contributed by atoms with Crippen LogP contribution in [0.3, 0.4) is 0 Å². The molecule has 1 aliphatic rings. The Labute approximate surface area is 92.7 Å². The van der Waals surface area contributed by atoms with E-state index < -0.39 is 0 Å². The average molecular weight is 210 g/mol. The van der Waals surface area contributed by atoms with Gasteiger partial charge in [-0.05, 0) is 18.9 Å². The summed E-state index contributed by atoms with van der Waals surface area (Å²) >= 11 is 0. The van der Waals surface area contributed by atoms with Crippen molar-refractivity contribution in [2.75, 3.05) is 19.6 Å². The minimum Gasteiger partial charge on any atom is -0.321 e. The molecule has 0 aromatic carbocycles. The van der Waals surface area contributed by atoms with E-state index in [0.717, 1.165) is 45.3 Å². The number of rotatable bonds is 6. The Morgan fingerprint density at radius 2 is 1.87 bits per heavy atom. The minimum atomic E-state index is 0.180. The van der Waals surface area contributed by atoms with Crippen LogP contribution in [0.25, 0.3) is 0 Å². The van der Waals surface area contributed by atoms with Gasteiger partial charge in [0.05, 0.1) is 0 Å². The second-order valence-corrected chi connectivity index (χ2v) is 4.01. The zero-order chi connectivity index (χ0) is 11.1. The highest BCUT2D eigenvalue weighted by atomic mass is 16.2. The maximum Gasteiger partial charge on any atom is 0.324 e. The summed E-state index contributed by atoms with van der Waals surface area (Å²) in [7, 11) is 0. The highest BCUT2D eigenvalue weighted by molar-refractivity contribution is 5.76. The molecule has 0 aromatic heterocycles. The fraction of sp³-hybridized carbons (Fsp3) is 0.750. The molecule has 0 aliphatic carbocycles. The Kier molecular flexibility index (Phi) is 5.22. The summed E-state index contributed by atoms with van der Waals surface area (Å²) in [6.07, 6.45) is 8.46. The third kappa shape index (κ3) is 3.57. The molecule has 0 fully saturated rings. The van der Waals surface area contributed by atoms with E-state index in [1.807, 2.05) is 16.0 Å². The van der Waals surface area contributed by atoms with Crippen molar-refractivity contribution >= 4 is 6.03 Å². The predicted molar refractivity (Wildman–Crippen MR) is 62.6 cm³/mol. The summed E-state index contributed by atoms with van der Waals surface area (Å²) in [4.78, 5) is 15.7. The van der Waals surface area contributed by atoms with Crippen LogP contribution in [0.1, 0.15) is 39.5 Å². The van der Waals surface area contributed by atoms with Crippen molar-refractivity contribution in [1.82, 2.24) is 9.80 Å². The van der Waals surface area contributed by atoms with Gasteiger partial charge in [0.2, 0.25) is 0 Å². The summed E-state index contributed by atoms with van der Waals surface area (Å²) in [5, 5.41) is 0. The van der Waals surface area contributed by atoms with Crippen LogP contribution in [0, 0.1) is 0 Å². The lowest BCUT2D eigenvalue weighted by atomic mass is 10.3. The van der Waals surface area contributed by atoms with Gasteiger partial charge in [-0.2, -0.15) is 0 Å². The number of hydrogen-bond donors (Lipinski definition) is 0. The van der Waals surface area contributed by atoms with Gasteiger partial charge in [0.15, 0.2) is 0 Å². The van der Waals surface area contributed by atoms with E-state index in [1.54, 1.807) is 0 Å². The molecule has 0 aromatic rings. The van der Waals surface area contributed by atoms with Crippen LogP contribution in [-0.4, -0.2) is 35.5 Å². The Morgan fingerprint density at radius 3 is 2.53 bits per heavy atom. The van der Waals surface area contributed by atoms with Gasteiger partial charge in [-0.25, -0.2) is 4.79 Å². The van der Waals surface area contributed by atoms with Gasteiger partial charge in [-0.3, -0.25) is 0 Å². The SMILES string of the molecule is CCCCN1C=CCN(CCCC)C1=O. The molecule has 86 valence electrons. The maximum absolute atomic E-state index is 11.9. The Balaban J connectivity index is 2.43. The predicted octanol–water partition coefficient (Wildman–Crippen LogP) is 2.84. The van der Waals surface area contributed by atoms with Gasteiger partial charge >= 0.3 is 6.03 Å². The largest absolute Gasteiger partial charge is 0.324 e. The Morgan fingerprint density at radius 1 is 1.20 bits per heavy atom. The molecular weight excluding hydrogens is 188 g/mol. The molecule has 1 aliphatic heterocycles. The van der Waals surface area contributed by atoms with Crippen molar-refractivity contribution in [3.05, 3.63) is 12.3 Å². The van der Waals surface area contributed by atoms with Crippen molar-refractivity contribution in [3.63, 3.8) is 0 Å². The second-order valence-electron chi connectivity index (χ2n) is 4.01. The van der Waals surface area contributed by atoms with E-state index in [-0.39, 0.29) is 6.03 Å². The zero-order valence-corrected chi connectivity index (χ0v) is 9.91. The minimum absolute atomic E-state index is 0.180. The Bertz CT molecular complexity index is 226. The molecule has 0 unspecified atom stereocenters. The molecule has 0 atom stereocenters. The first kappa shape index (κ1) is 12.1. The molecular formula is C12H22N2O. The average Bonchev–Trinajstić information content (AvgIpc) is 2.26. The second kappa shape index (κ2) is 6.49. The Hall–Kier alpha value is -0.990. The molecule has 1 heterocycles. The van der Waals surface area contributed by atoms with Gasteiger partial charge in [0, 0.05) is 25.8 Å². The summed E-state index contributed by atoms with van der Waals surface area (Å²) in [6, 6.07) is 0.180. The van der Waals surface area contributed by atoms with Crippen LogP contribution < -0.4 is 0 Å². The zero-order valence-electron chi connectivity index (χ0n) is 9.91. The molecule has 3 nitrogen and oxygen atoms in total. The van der Waals surface area contributed by atoms with E-state index in [0.29, 0.717) is 0 Å². The van der Waals surface area contributed by atoms with Crippen LogP contribution in [0.2, 0.25) is 0 Å².